The van der Waals surface area contributed by atoms with Gasteiger partial charge in [0.05, 0.1) is 0 Å². The van der Waals surface area contributed by atoms with Gasteiger partial charge < -0.3 is 10.2 Å². The van der Waals surface area contributed by atoms with E-state index in [0.29, 0.717) is 18.2 Å². The second-order valence-corrected chi connectivity index (χ2v) is 6.32. The maximum absolute atomic E-state index is 12.9. The average molecular weight is 326 g/mol. The van der Waals surface area contributed by atoms with Crippen molar-refractivity contribution < 1.29 is 4.79 Å². The number of aromatic nitrogens is 2. The molecule has 2 N–H and O–H groups in total. The number of para-hydroxylation sites is 1. The lowest BCUT2D eigenvalue weighted by Gasteiger charge is -2.32. The van der Waals surface area contributed by atoms with E-state index in [-0.39, 0.29) is 17.4 Å². The van der Waals surface area contributed by atoms with Crippen molar-refractivity contribution >= 4 is 17.5 Å². The molecule has 0 saturated carbocycles. The number of carbonyl (C=O) groups excluding carboxylic acids is 1. The van der Waals surface area contributed by atoms with Crippen LogP contribution in [0.1, 0.15) is 31.5 Å². The third-order valence-electron chi connectivity index (χ3n) is 4.53. The minimum Gasteiger partial charge on any atom is -0.326 e. The van der Waals surface area contributed by atoms with Gasteiger partial charge in [-0.25, -0.2) is 4.98 Å². The first-order chi connectivity index (χ1) is 11.5. The normalized spacial score (nSPS) is 18.5. The molecule has 0 saturated heterocycles. The van der Waals surface area contributed by atoms with Crippen molar-refractivity contribution in [2.45, 2.75) is 39.8 Å². The van der Waals surface area contributed by atoms with E-state index < -0.39 is 6.04 Å². The van der Waals surface area contributed by atoms with Crippen LogP contribution in [0.15, 0.2) is 35.1 Å². The number of amides is 1. The van der Waals surface area contributed by atoms with Gasteiger partial charge in [-0.05, 0) is 24.5 Å². The van der Waals surface area contributed by atoms with Gasteiger partial charge in [0, 0.05) is 24.0 Å². The summed E-state index contributed by atoms with van der Waals surface area (Å²) in [6, 6.07) is 8.78. The van der Waals surface area contributed by atoms with Gasteiger partial charge in [-0.15, -0.1) is 0 Å². The van der Waals surface area contributed by atoms with Crippen LogP contribution in [0.3, 0.4) is 0 Å². The van der Waals surface area contributed by atoms with Crippen LogP contribution in [0.5, 0.6) is 0 Å². The summed E-state index contributed by atoms with van der Waals surface area (Å²) in [5.74, 6) is 0.487. The van der Waals surface area contributed by atoms with Gasteiger partial charge in [-0.3, -0.25) is 14.6 Å². The van der Waals surface area contributed by atoms with Crippen molar-refractivity contribution in [3.8, 4) is 0 Å². The third kappa shape index (κ3) is 3.04. The molecule has 0 radical (unpaired) electrons. The molecular weight excluding hydrogens is 304 g/mol. The first-order valence-corrected chi connectivity index (χ1v) is 8.23. The SMILES string of the molecule is CC[C@H](C)[C@H]1C(=O)Nc2ccccc2CN1c1nc(C)cc(=O)[nH]1. The first-order valence-electron chi connectivity index (χ1n) is 8.23. The highest BCUT2D eigenvalue weighted by atomic mass is 16.2. The fraction of sp³-hybridized carbons (Fsp3) is 0.389. The molecule has 1 amide bonds. The van der Waals surface area contributed by atoms with Gasteiger partial charge in [0.25, 0.3) is 5.56 Å². The lowest BCUT2D eigenvalue weighted by Crippen LogP contribution is -2.47. The molecule has 2 aromatic rings. The summed E-state index contributed by atoms with van der Waals surface area (Å²) in [4.78, 5) is 33.9. The van der Waals surface area contributed by atoms with E-state index in [2.05, 4.69) is 22.2 Å². The highest BCUT2D eigenvalue weighted by molar-refractivity contribution is 5.98. The number of carbonyl (C=O) groups is 1. The van der Waals surface area contributed by atoms with Crippen LogP contribution in [0.4, 0.5) is 11.6 Å². The first kappa shape index (κ1) is 16.2. The number of benzene rings is 1. The molecule has 1 aliphatic heterocycles. The second-order valence-electron chi connectivity index (χ2n) is 6.32. The summed E-state index contributed by atoms with van der Waals surface area (Å²) in [5, 5.41) is 3.02. The number of rotatable bonds is 3. The lowest BCUT2D eigenvalue weighted by molar-refractivity contribution is -0.118. The fourth-order valence-electron chi connectivity index (χ4n) is 3.10. The number of hydrogen-bond acceptors (Lipinski definition) is 4. The number of fused-ring (bicyclic) bond motifs is 1. The second kappa shape index (κ2) is 6.47. The van der Waals surface area contributed by atoms with Gasteiger partial charge in [-0.2, -0.15) is 0 Å². The van der Waals surface area contributed by atoms with E-state index in [1.807, 2.05) is 36.1 Å². The zero-order chi connectivity index (χ0) is 17.3. The van der Waals surface area contributed by atoms with E-state index in [1.165, 1.54) is 6.07 Å². The minimum atomic E-state index is -0.396. The molecule has 1 aromatic heterocycles. The van der Waals surface area contributed by atoms with E-state index >= 15 is 0 Å². The number of aryl methyl sites for hydroxylation is 1. The van der Waals surface area contributed by atoms with Crippen LogP contribution in [0.2, 0.25) is 0 Å². The van der Waals surface area contributed by atoms with E-state index in [0.717, 1.165) is 17.7 Å². The Morgan fingerprint density at radius 1 is 1.33 bits per heavy atom. The van der Waals surface area contributed by atoms with E-state index in [1.54, 1.807) is 6.92 Å². The molecule has 1 aromatic carbocycles. The molecule has 1 aliphatic rings. The third-order valence-corrected chi connectivity index (χ3v) is 4.53. The molecule has 24 heavy (non-hydrogen) atoms. The minimum absolute atomic E-state index is 0.0709. The summed E-state index contributed by atoms with van der Waals surface area (Å²) in [5.41, 5.74) is 2.24. The Kier molecular flexibility index (Phi) is 4.38. The fourth-order valence-corrected chi connectivity index (χ4v) is 3.10. The van der Waals surface area contributed by atoms with Crippen molar-refractivity contribution in [2.75, 3.05) is 10.2 Å². The Morgan fingerprint density at radius 3 is 2.79 bits per heavy atom. The predicted octanol–water partition coefficient (Wildman–Crippen LogP) is 2.45. The summed E-state index contributed by atoms with van der Waals surface area (Å²) < 4.78 is 0. The van der Waals surface area contributed by atoms with Gasteiger partial charge in [0.15, 0.2) is 0 Å². The molecule has 0 aliphatic carbocycles. The summed E-state index contributed by atoms with van der Waals surface area (Å²) >= 11 is 0. The number of nitrogens with one attached hydrogen (secondary N) is 2. The summed E-state index contributed by atoms with van der Waals surface area (Å²) in [6.07, 6.45) is 0.848. The number of hydrogen-bond donors (Lipinski definition) is 2. The number of nitrogens with zero attached hydrogens (tertiary/aromatic N) is 2. The van der Waals surface area contributed by atoms with Crippen molar-refractivity contribution in [3.63, 3.8) is 0 Å². The Hall–Kier alpha value is -2.63. The molecular formula is C18H22N4O2. The largest absolute Gasteiger partial charge is 0.326 e. The molecule has 0 spiro atoms. The number of anilines is 2. The summed E-state index contributed by atoms with van der Waals surface area (Å²) in [6.45, 7) is 6.39. The molecule has 6 nitrogen and oxygen atoms in total. The molecule has 0 unspecified atom stereocenters. The van der Waals surface area contributed by atoms with Crippen molar-refractivity contribution in [3.05, 3.63) is 51.9 Å². The van der Waals surface area contributed by atoms with Gasteiger partial charge in [-0.1, -0.05) is 38.5 Å². The maximum Gasteiger partial charge on any atom is 0.252 e. The number of H-pyrrole nitrogens is 1. The quantitative estimate of drug-likeness (QED) is 0.908. The van der Waals surface area contributed by atoms with Gasteiger partial charge in [0.2, 0.25) is 11.9 Å². The Labute approximate surface area is 140 Å². The molecule has 2 atom stereocenters. The predicted molar refractivity (Wildman–Crippen MR) is 94.1 cm³/mol. The molecule has 3 rings (SSSR count). The van der Waals surface area contributed by atoms with Gasteiger partial charge >= 0.3 is 0 Å². The molecule has 0 fully saturated rings. The smallest absolute Gasteiger partial charge is 0.252 e. The number of aromatic amines is 1. The van der Waals surface area contributed by atoms with Crippen molar-refractivity contribution in [1.29, 1.82) is 0 Å². The zero-order valence-corrected chi connectivity index (χ0v) is 14.2. The van der Waals surface area contributed by atoms with E-state index in [4.69, 9.17) is 0 Å². The van der Waals surface area contributed by atoms with Crippen LogP contribution >= 0.6 is 0 Å². The monoisotopic (exact) mass is 326 g/mol. The average Bonchev–Trinajstić information content (AvgIpc) is 2.69. The molecule has 126 valence electrons. The molecule has 2 heterocycles. The maximum atomic E-state index is 12.9. The Morgan fingerprint density at radius 2 is 2.08 bits per heavy atom. The topological polar surface area (TPSA) is 78.1 Å². The Balaban J connectivity index is 2.13. The molecule has 0 bridgehead atoms. The zero-order valence-electron chi connectivity index (χ0n) is 14.2. The Bertz CT molecular complexity index is 815. The lowest BCUT2D eigenvalue weighted by atomic mass is 9.97. The van der Waals surface area contributed by atoms with Crippen molar-refractivity contribution in [1.82, 2.24) is 9.97 Å². The van der Waals surface area contributed by atoms with Crippen LogP contribution < -0.4 is 15.8 Å². The highest BCUT2D eigenvalue weighted by Crippen LogP contribution is 2.29. The molecule has 6 heteroatoms. The van der Waals surface area contributed by atoms with E-state index in [9.17, 15) is 9.59 Å². The van der Waals surface area contributed by atoms with Crippen LogP contribution in [0, 0.1) is 12.8 Å². The van der Waals surface area contributed by atoms with Crippen LogP contribution in [-0.4, -0.2) is 21.9 Å². The highest BCUT2D eigenvalue weighted by Gasteiger charge is 2.35. The van der Waals surface area contributed by atoms with Crippen molar-refractivity contribution in [2.24, 2.45) is 5.92 Å². The van der Waals surface area contributed by atoms with Gasteiger partial charge in [0.1, 0.15) is 6.04 Å². The van der Waals surface area contributed by atoms with Crippen LogP contribution in [-0.2, 0) is 11.3 Å². The standard InChI is InChI=1S/C18H22N4O2/c1-4-11(2)16-17(24)20-14-8-6-5-7-13(14)10-22(16)18-19-12(3)9-15(23)21-18/h5-9,11,16H,4,10H2,1-3H3,(H,20,24)(H,19,21,23)/t11-,16-/m0/s1. The summed E-state index contributed by atoms with van der Waals surface area (Å²) in [7, 11) is 0. The van der Waals surface area contributed by atoms with Crippen LogP contribution in [0.25, 0.3) is 0 Å².